The zero-order valence-corrected chi connectivity index (χ0v) is 30.9. The topological polar surface area (TPSA) is 29.3 Å². The van der Waals surface area contributed by atoms with Gasteiger partial charge in [-0.2, -0.15) is 0 Å². The maximum atomic E-state index is 6.78. The Labute approximate surface area is 329 Å². The van der Waals surface area contributed by atoms with Crippen LogP contribution in [0.3, 0.4) is 0 Å². The van der Waals surface area contributed by atoms with Crippen LogP contribution in [0.5, 0.6) is 0 Å². The molecule has 12 rings (SSSR count). The number of anilines is 3. The van der Waals surface area contributed by atoms with Crippen molar-refractivity contribution in [1.29, 1.82) is 0 Å². The Hall–Kier alpha value is -7.49. The molecular formula is C54H34N2O. The van der Waals surface area contributed by atoms with Crippen molar-refractivity contribution in [1.82, 2.24) is 4.98 Å². The molecular weight excluding hydrogens is 693 g/mol. The fourth-order valence-corrected chi connectivity index (χ4v) is 9.72. The van der Waals surface area contributed by atoms with Gasteiger partial charge in [0.15, 0.2) is 0 Å². The van der Waals surface area contributed by atoms with Gasteiger partial charge in [0.05, 0.1) is 22.5 Å². The second kappa shape index (κ2) is 12.3. The summed E-state index contributed by atoms with van der Waals surface area (Å²) in [4.78, 5) is 8.14. The average Bonchev–Trinajstić information content (AvgIpc) is 3.68. The first kappa shape index (κ1) is 31.8. The standard InChI is InChI=1S/C54H34N2O/c1-3-19-37(20-4-1)54(38-21-5-2-6-22-38)45-26-11-13-28-47(45)56(48-29-14-12-27-46(48)54)50-34-44-42(52(55-50)41-25-15-18-35-16-7-9-23-39(35)41)32-33-49-51(44)43-31-30-36-17-8-10-24-40(36)53(43)57-49/h1-34H. The number of pyridine rings is 1. The first-order chi connectivity index (χ1) is 28.3. The summed E-state index contributed by atoms with van der Waals surface area (Å²) in [7, 11) is 0. The lowest BCUT2D eigenvalue weighted by Gasteiger charge is -2.46. The van der Waals surface area contributed by atoms with Gasteiger partial charge in [-0.25, -0.2) is 4.98 Å². The van der Waals surface area contributed by atoms with Crippen LogP contribution >= 0.6 is 0 Å². The van der Waals surface area contributed by atoms with Crippen LogP contribution in [-0.2, 0) is 5.41 Å². The number of hydrogen-bond acceptors (Lipinski definition) is 3. The highest BCUT2D eigenvalue weighted by Crippen LogP contribution is 2.58. The number of para-hydroxylation sites is 2. The monoisotopic (exact) mass is 726 g/mol. The largest absolute Gasteiger partial charge is 0.455 e. The summed E-state index contributed by atoms with van der Waals surface area (Å²) in [5.74, 6) is 0.850. The Balaban J connectivity index is 1.22. The highest BCUT2D eigenvalue weighted by Gasteiger charge is 2.46. The third-order valence-electron chi connectivity index (χ3n) is 12.1. The van der Waals surface area contributed by atoms with Crippen molar-refractivity contribution >= 4 is 71.4 Å². The number of benzene rings is 9. The zero-order chi connectivity index (χ0) is 37.5. The highest BCUT2D eigenvalue weighted by molar-refractivity contribution is 6.25. The quantitative estimate of drug-likeness (QED) is 0.181. The van der Waals surface area contributed by atoms with E-state index < -0.39 is 5.41 Å². The van der Waals surface area contributed by atoms with E-state index in [1.165, 1.54) is 33.0 Å². The molecule has 3 nitrogen and oxygen atoms in total. The molecule has 11 aromatic rings. The van der Waals surface area contributed by atoms with Gasteiger partial charge in [-0.15, -0.1) is 0 Å². The van der Waals surface area contributed by atoms with E-state index in [0.29, 0.717) is 0 Å². The van der Waals surface area contributed by atoms with Crippen LogP contribution in [-0.4, -0.2) is 4.98 Å². The molecule has 3 heterocycles. The van der Waals surface area contributed by atoms with Crippen molar-refractivity contribution in [2.75, 3.05) is 4.90 Å². The van der Waals surface area contributed by atoms with E-state index in [4.69, 9.17) is 9.40 Å². The van der Waals surface area contributed by atoms with Crippen LogP contribution in [0.25, 0.3) is 65.5 Å². The minimum Gasteiger partial charge on any atom is -0.455 e. The van der Waals surface area contributed by atoms with E-state index in [-0.39, 0.29) is 0 Å². The predicted octanol–water partition coefficient (Wildman–Crippen LogP) is 14.3. The van der Waals surface area contributed by atoms with E-state index in [1.54, 1.807) is 0 Å². The van der Waals surface area contributed by atoms with Crippen molar-refractivity contribution in [3.8, 4) is 11.3 Å². The van der Waals surface area contributed by atoms with Crippen LogP contribution in [0.1, 0.15) is 22.3 Å². The van der Waals surface area contributed by atoms with Crippen LogP contribution in [0.4, 0.5) is 17.2 Å². The Morgan fingerprint density at radius 3 is 1.68 bits per heavy atom. The van der Waals surface area contributed by atoms with E-state index in [2.05, 4.69) is 211 Å². The third kappa shape index (κ3) is 4.51. The molecule has 9 aromatic carbocycles. The molecule has 266 valence electrons. The van der Waals surface area contributed by atoms with E-state index >= 15 is 0 Å². The van der Waals surface area contributed by atoms with E-state index in [9.17, 15) is 0 Å². The van der Waals surface area contributed by atoms with Crippen LogP contribution in [0, 0.1) is 0 Å². The lowest BCUT2D eigenvalue weighted by Crippen LogP contribution is -2.37. The fraction of sp³-hybridized carbons (Fsp3) is 0.0185. The van der Waals surface area contributed by atoms with E-state index in [0.717, 1.165) is 71.9 Å². The Morgan fingerprint density at radius 1 is 0.421 bits per heavy atom. The molecule has 0 N–H and O–H groups in total. The van der Waals surface area contributed by atoms with Crippen molar-refractivity contribution in [3.63, 3.8) is 0 Å². The zero-order valence-electron chi connectivity index (χ0n) is 30.9. The Morgan fingerprint density at radius 2 is 0.982 bits per heavy atom. The number of rotatable bonds is 4. The normalized spacial score (nSPS) is 13.4. The lowest BCUT2D eigenvalue weighted by atomic mass is 9.62. The number of nitrogens with zero attached hydrogens (tertiary/aromatic N) is 2. The first-order valence-electron chi connectivity index (χ1n) is 19.5. The number of furan rings is 1. The van der Waals surface area contributed by atoms with Crippen molar-refractivity contribution in [2.24, 2.45) is 0 Å². The van der Waals surface area contributed by atoms with Gasteiger partial charge in [-0.1, -0.05) is 170 Å². The number of aromatic nitrogens is 1. The molecule has 0 bridgehead atoms. The third-order valence-corrected chi connectivity index (χ3v) is 12.1. The molecule has 0 unspecified atom stereocenters. The van der Waals surface area contributed by atoms with Gasteiger partial charge in [0.1, 0.15) is 17.0 Å². The number of hydrogen-bond donors (Lipinski definition) is 0. The average molecular weight is 727 g/mol. The Kier molecular flexibility index (Phi) is 6.84. The van der Waals surface area contributed by atoms with E-state index in [1.807, 2.05) is 0 Å². The van der Waals surface area contributed by atoms with Gasteiger partial charge < -0.3 is 4.42 Å². The van der Waals surface area contributed by atoms with Crippen molar-refractivity contribution in [2.45, 2.75) is 5.41 Å². The smallest absolute Gasteiger partial charge is 0.143 e. The van der Waals surface area contributed by atoms with Crippen molar-refractivity contribution in [3.05, 3.63) is 229 Å². The maximum absolute atomic E-state index is 6.78. The van der Waals surface area contributed by atoms with Gasteiger partial charge in [0.25, 0.3) is 0 Å². The summed E-state index contributed by atoms with van der Waals surface area (Å²) in [6.07, 6.45) is 0. The van der Waals surface area contributed by atoms with Crippen LogP contribution < -0.4 is 4.90 Å². The lowest BCUT2D eigenvalue weighted by molar-refractivity contribution is 0.673. The SMILES string of the molecule is c1ccc(C2(c3ccccc3)c3ccccc3N(c3cc4c(ccc5oc6c7ccccc7ccc6c54)c(-c4cccc5ccccc45)n3)c3ccccc32)cc1. The Bertz CT molecular complexity index is 3270. The van der Waals surface area contributed by atoms with Crippen LogP contribution in [0.2, 0.25) is 0 Å². The molecule has 3 heteroatoms. The minimum atomic E-state index is -0.573. The van der Waals surface area contributed by atoms with Gasteiger partial charge in [0.2, 0.25) is 0 Å². The van der Waals surface area contributed by atoms with Gasteiger partial charge in [-0.3, -0.25) is 4.90 Å². The molecule has 1 aliphatic heterocycles. The van der Waals surface area contributed by atoms with Crippen molar-refractivity contribution < 1.29 is 4.42 Å². The summed E-state index contributed by atoms with van der Waals surface area (Å²) in [6, 6.07) is 74.4. The van der Waals surface area contributed by atoms with Gasteiger partial charge in [0, 0.05) is 27.1 Å². The predicted molar refractivity (Wildman–Crippen MR) is 236 cm³/mol. The second-order valence-corrected chi connectivity index (χ2v) is 15.0. The molecule has 0 radical (unpaired) electrons. The van der Waals surface area contributed by atoms with Gasteiger partial charge >= 0.3 is 0 Å². The van der Waals surface area contributed by atoms with Crippen LogP contribution in [0.15, 0.2) is 211 Å². The number of fused-ring (bicyclic) bond motifs is 10. The summed E-state index contributed by atoms with van der Waals surface area (Å²) in [5.41, 5.74) is 10.3. The minimum absolute atomic E-state index is 0.573. The molecule has 0 amide bonds. The highest BCUT2D eigenvalue weighted by atomic mass is 16.3. The first-order valence-corrected chi connectivity index (χ1v) is 19.5. The molecule has 0 saturated carbocycles. The van der Waals surface area contributed by atoms with Gasteiger partial charge in [-0.05, 0) is 80.2 Å². The summed E-state index contributed by atoms with van der Waals surface area (Å²) in [6.45, 7) is 0. The molecule has 2 aromatic heterocycles. The summed E-state index contributed by atoms with van der Waals surface area (Å²) < 4.78 is 6.78. The molecule has 1 aliphatic rings. The molecule has 0 aliphatic carbocycles. The maximum Gasteiger partial charge on any atom is 0.143 e. The molecule has 0 fully saturated rings. The molecule has 0 saturated heterocycles. The molecule has 0 atom stereocenters. The summed E-state index contributed by atoms with van der Waals surface area (Å²) >= 11 is 0. The second-order valence-electron chi connectivity index (χ2n) is 15.0. The molecule has 0 spiro atoms. The molecule has 57 heavy (non-hydrogen) atoms. The summed E-state index contributed by atoms with van der Waals surface area (Å²) in [5, 5.41) is 9.00. The fourth-order valence-electron chi connectivity index (χ4n) is 9.72.